The molecule has 1 aromatic carbocycles. The smallest absolute Gasteiger partial charge is 0.308 e. The molecule has 6 heteroatoms. The van der Waals surface area contributed by atoms with Gasteiger partial charge in [0.25, 0.3) is 0 Å². The molecular weight excluding hydrogens is 317 g/mol. The van der Waals surface area contributed by atoms with Gasteiger partial charge in [-0.05, 0) is 37.1 Å². The number of nitrogens with zero attached hydrogens (tertiary/aromatic N) is 1. The normalized spacial score (nSPS) is 16.7. The topological polar surface area (TPSA) is 57.6 Å². The lowest BCUT2D eigenvalue weighted by Crippen LogP contribution is -2.41. The number of hydrogen-bond acceptors (Lipinski definition) is 3. The Morgan fingerprint density at radius 1 is 1.26 bits per heavy atom. The molecule has 0 spiro atoms. The summed E-state index contributed by atoms with van der Waals surface area (Å²) in [5.74, 6) is -1.31. The van der Waals surface area contributed by atoms with Gasteiger partial charge >= 0.3 is 5.97 Å². The number of rotatable bonds is 8. The van der Waals surface area contributed by atoms with Crippen molar-refractivity contribution in [1.29, 1.82) is 0 Å². The Kier molecular flexibility index (Phi) is 6.04. The van der Waals surface area contributed by atoms with Gasteiger partial charge in [0.2, 0.25) is 5.91 Å². The predicted molar refractivity (Wildman–Crippen MR) is 87.8 cm³/mol. The van der Waals surface area contributed by atoms with Crippen LogP contribution in [0.5, 0.6) is 0 Å². The molecule has 1 N–H and O–H groups in total. The quantitative estimate of drug-likeness (QED) is 0.739. The van der Waals surface area contributed by atoms with E-state index in [4.69, 9.17) is 5.11 Å². The van der Waals surface area contributed by atoms with Crippen LogP contribution >= 0.6 is 11.8 Å². The van der Waals surface area contributed by atoms with E-state index in [-0.39, 0.29) is 30.2 Å². The number of hydrogen-bond donors (Lipinski definition) is 1. The fraction of sp³-hybridized carbons (Fsp3) is 0.529. The van der Waals surface area contributed by atoms with Crippen LogP contribution in [0.3, 0.4) is 0 Å². The molecule has 1 fully saturated rings. The Bertz CT molecular complexity index is 559. The summed E-state index contributed by atoms with van der Waals surface area (Å²) in [5, 5.41) is 9.06. The second-order valence-electron chi connectivity index (χ2n) is 6.13. The van der Waals surface area contributed by atoms with Crippen LogP contribution in [-0.4, -0.2) is 40.2 Å². The zero-order valence-corrected chi connectivity index (χ0v) is 14.2. The van der Waals surface area contributed by atoms with Crippen LogP contribution in [0.4, 0.5) is 4.39 Å². The summed E-state index contributed by atoms with van der Waals surface area (Å²) in [7, 11) is 0. The van der Waals surface area contributed by atoms with Crippen LogP contribution < -0.4 is 0 Å². The van der Waals surface area contributed by atoms with E-state index in [0.717, 1.165) is 17.7 Å². The highest BCUT2D eigenvalue weighted by molar-refractivity contribution is 7.99. The van der Waals surface area contributed by atoms with Crippen molar-refractivity contribution in [2.45, 2.75) is 37.6 Å². The molecule has 126 valence electrons. The maximum Gasteiger partial charge on any atom is 0.308 e. The second kappa shape index (κ2) is 7.81. The van der Waals surface area contributed by atoms with E-state index < -0.39 is 11.9 Å². The summed E-state index contributed by atoms with van der Waals surface area (Å²) in [4.78, 5) is 26.3. The van der Waals surface area contributed by atoms with Crippen molar-refractivity contribution in [3.05, 3.63) is 30.1 Å². The molecule has 0 bridgehead atoms. The number of carboxylic acids is 1. The van der Waals surface area contributed by atoms with E-state index in [2.05, 4.69) is 0 Å². The van der Waals surface area contributed by atoms with Crippen molar-refractivity contribution < 1.29 is 19.1 Å². The van der Waals surface area contributed by atoms with Gasteiger partial charge in [0, 0.05) is 29.2 Å². The SMILES string of the molecule is CC(CN(C(=O)C(C)CSc1ccc(F)cc1)C1CC1)C(=O)O. The van der Waals surface area contributed by atoms with Gasteiger partial charge in [0.1, 0.15) is 5.82 Å². The number of benzene rings is 1. The minimum absolute atomic E-state index is 0.00946. The third-order valence-electron chi connectivity index (χ3n) is 3.90. The minimum Gasteiger partial charge on any atom is -0.481 e. The van der Waals surface area contributed by atoms with Gasteiger partial charge in [-0.1, -0.05) is 13.8 Å². The van der Waals surface area contributed by atoms with E-state index in [9.17, 15) is 14.0 Å². The Labute approximate surface area is 140 Å². The maximum atomic E-state index is 12.9. The maximum absolute atomic E-state index is 12.9. The molecule has 0 radical (unpaired) electrons. The van der Waals surface area contributed by atoms with E-state index in [1.807, 2.05) is 6.92 Å². The van der Waals surface area contributed by atoms with Crippen LogP contribution in [0.25, 0.3) is 0 Å². The summed E-state index contributed by atoms with van der Waals surface area (Å²) >= 11 is 1.51. The van der Waals surface area contributed by atoms with Crippen LogP contribution in [0, 0.1) is 17.7 Å². The monoisotopic (exact) mass is 339 g/mol. The highest BCUT2D eigenvalue weighted by Crippen LogP contribution is 2.30. The second-order valence-corrected chi connectivity index (χ2v) is 7.22. The summed E-state index contributed by atoms with van der Waals surface area (Å²) < 4.78 is 12.9. The molecule has 0 aliphatic heterocycles. The van der Waals surface area contributed by atoms with Crippen molar-refractivity contribution in [3.63, 3.8) is 0 Å². The first-order valence-electron chi connectivity index (χ1n) is 7.80. The van der Waals surface area contributed by atoms with Crippen molar-refractivity contribution in [2.24, 2.45) is 11.8 Å². The van der Waals surface area contributed by atoms with Crippen molar-refractivity contribution >= 4 is 23.6 Å². The summed E-state index contributed by atoms with van der Waals surface area (Å²) in [6.45, 7) is 3.76. The lowest BCUT2D eigenvalue weighted by molar-refractivity contribution is -0.143. The highest BCUT2D eigenvalue weighted by atomic mass is 32.2. The predicted octanol–water partition coefficient (Wildman–Crippen LogP) is 3.27. The fourth-order valence-corrected chi connectivity index (χ4v) is 3.20. The van der Waals surface area contributed by atoms with Gasteiger partial charge in [0.15, 0.2) is 0 Å². The van der Waals surface area contributed by atoms with Gasteiger partial charge in [-0.15, -0.1) is 11.8 Å². The molecule has 1 saturated carbocycles. The molecule has 1 amide bonds. The molecule has 4 nitrogen and oxygen atoms in total. The van der Waals surface area contributed by atoms with Crippen LogP contribution in [0.1, 0.15) is 26.7 Å². The summed E-state index contributed by atoms with van der Waals surface area (Å²) in [6.07, 6.45) is 1.91. The van der Waals surface area contributed by atoms with Gasteiger partial charge in [-0.25, -0.2) is 4.39 Å². The molecule has 2 atom stereocenters. The minimum atomic E-state index is -0.878. The first-order chi connectivity index (χ1) is 10.9. The number of thioether (sulfide) groups is 1. The highest BCUT2D eigenvalue weighted by Gasteiger charge is 2.36. The molecule has 2 rings (SSSR count). The Hall–Kier alpha value is -1.56. The van der Waals surface area contributed by atoms with Gasteiger partial charge in [0.05, 0.1) is 5.92 Å². The van der Waals surface area contributed by atoms with E-state index >= 15 is 0 Å². The standard InChI is InChI=1S/C17H22FNO3S/c1-11(17(21)22)9-19(14-5-6-14)16(20)12(2)10-23-15-7-3-13(18)4-8-15/h3-4,7-8,11-12,14H,5-6,9-10H2,1-2H3,(H,21,22). The molecule has 2 unspecified atom stereocenters. The summed E-state index contributed by atoms with van der Waals surface area (Å²) in [6, 6.07) is 6.40. The van der Waals surface area contributed by atoms with Crippen molar-refractivity contribution in [2.75, 3.05) is 12.3 Å². The Balaban J connectivity index is 1.90. The largest absolute Gasteiger partial charge is 0.481 e. The molecule has 23 heavy (non-hydrogen) atoms. The molecule has 1 aliphatic rings. The van der Waals surface area contributed by atoms with Crippen molar-refractivity contribution in [1.82, 2.24) is 4.90 Å². The molecular formula is C17H22FNO3S. The fourth-order valence-electron chi connectivity index (χ4n) is 2.28. The Morgan fingerprint density at radius 3 is 2.39 bits per heavy atom. The number of aliphatic carboxylic acids is 1. The first kappa shape index (κ1) is 17.8. The summed E-state index contributed by atoms with van der Waals surface area (Å²) in [5.41, 5.74) is 0. The number of carbonyl (C=O) groups is 2. The molecule has 1 aromatic rings. The zero-order chi connectivity index (χ0) is 17.0. The number of halogens is 1. The van der Waals surface area contributed by atoms with Crippen molar-refractivity contribution in [3.8, 4) is 0 Å². The third kappa shape index (κ3) is 5.23. The lowest BCUT2D eigenvalue weighted by Gasteiger charge is -2.27. The first-order valence-corrected chi connectivity index (χ1v) is 8.78. The molecule has 0 heterocycles. The van der Waals surface area contributed by atoms with Gasteiger partial charge < -0.3 is 10.0 Å². The van der Waals surface area contributed by atoms with E-state index in [1.54, 1.807) is 24.0 Å². The average molecular weight is 339 g/mol. The van der Waals surface area contributed by atoms with Crippen LogP contribution in [0.2, 0.25) is 0 Å². The van der Waals surface area contributed by atoms with E-state index in [0.29, 0.717) is 5.75 Å². The Morgan fingerprint density at radius 2 is 1.87 bits per heavy atom. The molecule has 0 saturated heterocycles. The zero-order valence-electron chi connectivity index (χ0n) is 13.4. The number of amides is 1. The lowest BCUT2D eigenvalue weighted by atomic mass is 10.1. The average Bonchev–Trinajstić information content (AvgIpc) is 3.35. The van der Waals surface area contributed by atoms with E-state index in [1.165, 1.54) is 23.9 Å². The number of carboxylic acid groups (broad SMARTS) is 1. The van der Waals surface area contributed by atoms with Crippen LogP contribution in [-0.2, 0) is 9.59 Å². The molecule has 1 aliphatic carbocycles. The molecule has 0 aromatic heterocycles. The third-order valence-corrected chi connectivity index (χ3v) is 5.17. The van der Waals surface area contributed by atoms with Gasteiger partial charge in [-0.3, -0.25) is 9.59 Å². The van der Waals surface area contributed by atoms with Crippen LogP contribution in [0.15, 0.2) is 29.2 Å². The van der Waals surface area contributed by atoms with Gasteiger partial charge in [-0.2, -0.15) is 0 Å². The number of carbonyl (C=O) groups excluding carboxylic acids is 1.